The minimum atomic E-state index is -3.82. The fourth-order valence-corrected chi connectivity index (χ4v) is 6.17. The van der Waals surface area contributed by atoms with Gasteiger partial charge in [-0.1, -0.05) is 41.1 Å². The smallest absolute Gasteiger partial charge is 0.326 e. The molecule has 0 bridgehead atoms. The van der Waals surface area contributed by atoms with Gasteiger partial charge in [-0.25, -0.2) is 8.42 Å². The zero-order valence-corrected chi connectivity index (χ0v) is 22.7. The van der Waals surface area contributed by atoms with E-state index in [1.807, 2.05) is 13.0 Å². The summed E-state index contributed by atoms with van der Waals surface area (Å²) in [6.07, 6.45) is 0. The number of anilines is 1. The number of para-hydroxylation sites is 1. The van der Waals surface area contributed by atoms with E-state index in [2.05, 4.69) is 4.99 Å². The van der Waals surface area contributed by atoms with E-state index < -0.39 is 21.9 Å². The van der Waals surface area contributed by atoms with Gasteiger partial charge >= 0.3 is 5.97 Å². The van der Waals surface area contributed by atoms with Crippen LogP contribution >= 0.6 is 22.9 Å². The van der Waals surface area contributed by atoms with Crippen LogP contribution < -0.4 is 9.11 Å². The Bertz CT molecular complexity index is 1640. The molecule has 0 saturated heterocycles. The lowest BCUT2D eigenvalue weighted by Gasteiger charge is -2.19. The van der Waals surface area contributed by atoms with Crippen LogP contribution in [0.1, 0.15) is 22.8 Å². The van der Waals surface area contributed by atoms with Crippen molar-refractivity contribution in [3.8, 4) is 0 Å². The highest BCUT2D eigenvalue weighted by molar-refractivity contribution is 7.92. The van der Waals surface area contributed by atoms with Crippen LogP contribution in [0.15, 0.2) is 76.6 Å². The summed E-state index contributed by atoms with van der Waals surface area (Å²) in [5.41, 5.74) is 2.17. The number of esters is 1. The Kier molecular flexibility index (Phi) is 7.82. The molecule has 0 atom stereocenters. The maximum Gasteiger partial charge on any atom is 0.326 e. The van der Waals surface area contributed by atoms with Gasteiger partial charge in [-0.05, 0) is 67.9 Å². The number of hydrogen-bond acceptors (Lipinski definition) is 6. The van der Waals surface area contributed by atoms with Crippen LogP contribution in [0.5, 0.6) is 0 Å². The summed E-state index contributed by atoms with van der Waals surface area (Å²) in [7, 11) is -2.35. The first-order valence-corrected chi connectivity index (χ1v) is 13.9. The average molecular weight is 558 g/mol. The molecule has 8 nitrogen and oxygen atoms in total. The van der Waals surface area contributed by atoms with E-state index in [-0.39, 0.29) is 23.6 Å². The Morgan fingerprint density at radius 1 is 1.05 bits per heavy atom. The second-order valence-electron chi connectivity index (χ2n) is 8.04. The number of thiazole rings is 1. The molecule has 0 spiro atoms. The topological polar surface area (TPSA) is 98.0 Å². The normalized spacial score (nSPS) is 12.1. The molecule has 1 heterocycles. The first-order valence-electron chi connectivity index (χ1n) is 11.3. The number of halogens is 1. The van der Waals surface area contributed by atoms with E-state index in [4.69, 9.17) is 16.3 Å². The second kappa shape index (κ2) is 10.9. The van der Waals surface area contributed by atoms with E-state index >= 15 is 0 Å². The molecular formula is C26H24ClN3O5S2. The lowest BCUT2D eigenvalue weighted by molar-refractivity contribution is -0.143. The van der Waals surface area contributed by atoms with Gasteiger partial charge in [-0.15, -0.1) is 0 Å². The molecule has 0 aliphatic rings. The van der Waals surface area contributed by atoms with Crippen molar-refractivity contribution in [1.82, 2.24) is 4.57 Å². The Labute approximate surface area is 223 Å². The molecule has 0 fully saturated rings. The largest absolute Gasteiger partial charge is 0.465 e. The molecular weight excluding hydrogens is 534 g/mol. The molecule has 0 N–H and O–H groups in total. The van der Waals surface area contributed by atoms with Gasteiger partial charge in [0.25, 0.3) is 15.9 Å². The Morgan fingerprint density at radius 3 is 2.38 bits per heavy atom. The van der Waals surface area contributed by atoms with E-state index in [0.717, 1.165) is 10.3 Å². The molecule has 4 rings (SSSR count). The SMILES string of the molecule is CCOC(=O)Cn1c(=NC(=O)c2ccc(S(=O)(=O)N(C)c3ccccc3)cc2)sc2ccc(Cl)c(C)c21. The minimum Gasteiger partial charge on any atom is -0.465 e. The predicted molar refractivity (Wildman–Crippen MR) is 145 cm³/mol. The molecule has 192 valence electrons. The second-order valence-corrected chi connectivity index (χ2v) is 11.4. The van der Waals surface area contributed by atoms with Crippen molar-refractivity contribution in [2.45, 2.75) is 25.3 Å². The number of hydrogen-bond donors (Lipinski definition) is 0. The molecule has 0 saturated carbocycles. The lowest BCUT2D eigenvalue weighted by atomic mass is 10.2. The molecule has 37 heavy (non-hydrogen) atoms. The molecule has 4 aromatic rings. The molecule has 11 heteroatoms. The molecule has 0 radical (unpaired) electrons. The van der Waals surface area contributed by atoms with E-state index in [1.165, 1.54) is 47.0 Å². The van der Waals surface area contributed by atoms with Crippen LogP contribution in [0.4, 0.5) is 5.69 Å². The summed E-state index contributed by atoms with van der Waals surface area (Å²) in [5, 5.41) is 0.526. The molecule has 1 amide bonds. The van der Waals surface area contributed by atoms with E-state index in [1.54, 1.807) is 47.9 Å². The van der Waals surface area contributed by atoms with Crippen molar-refractivity contribution >= 4 is 60.7 Å². The number of amides is 1. The number of sulfonamides is 1. The number of fused-ring (bicyclic) bond motifs is 1. The molecule has 0 aliphatic heterocycles. The van der Waals surface area contributed by atoms with E-state index in [9.17, 15) is 18.0 Å². The van der Waals surface area contributed by atoms with Crippen molar-refractivity contribution in [1.29, 1.82) is 0 Å². The Hall–Kier alpha value is -3.47. The fourth-order valence-electron chi connectivity index (χ4n) is 3.74. The zero-order valence-electron chi connectivity index (χ0n) is 20.3. The number of carbonyl (C=O) groups excluding carboxylic acids is 2. The quantitative estimate of drug-likeness (QED) is 0.304. The van der Waals surface area contributed by atoms with Crippen LogP contribution in [-0.4, -0.2) is 38.5 Å². The number of aromatic nitrogens is 1. The van der Waals surface area contributed by atoms with Crippen LogP contribution in [0.3, 0.4) is 0 Å². The van der Waals surface area contributed by atoms with E-state index in [0.29, 0.717) is 21.0 Å². The van der Waals surface area contributed by atoms with Crippen molar-refractivity contribution in [2.24, 2.45) is 4.99 Å². The zero-order chi connectivity index (χ0) is 26.7. The number of ether oxygens (including phenoxy) is 1. The maximum atomic E-state index is 13.0. The standard InChI is InChI=1S/C26H24ClN3O5S2/c1-4-35-23(31)16-30-24-17(2)21(27)14-15-22(24)36-26(30)28-25(32)18-10-12-20(13-11-18)37(33,34)29(3)19-8-6-5-7-9-19/h5-15H,4,16H2,1-3H3. The average Bonchev–Trinajstić information content (AvgIpc) is 3.23. The Balaban J connectivity index is 1.70. The molecule has 3 aromatic carbocycles. The van der Waals surface area contributed by atoms with Gasteiger partial charge in [-0.3, -0.25) is 13.9 Å². The summed E-state index contributed by atoms with van der Waals surface area (Å²) < 4.78 is 34.8. The van der Waals surface area contributed by atoms with Gasteiger partial charge in [0.15, 0.2) is 4.80 Å². The first-order chi connectivity index (χ1) is 17.6. The maximum absolute atomic E-state index is 13.0. The summed E-state index contributed by atoms with van der Waals surface area (Å²) in [5.74, 6) is -1.04. The van der Waals surface area contributed by atoms with Gasteiger partial charge in [0.2, 0.25) is 0 Å². The fraction of sp³-hybridized carbons (Fsp3) is 0.192. The summed E-state index contributed by atoms with van der Waals surface area (Å²) >= 11 is 7.55. The van der Waals surface area contributed by atoms with Gasteiger partial charge in [-0.2, -0.15) is 4.99 Å². The van der Waals surface area contributed by atoms with Gasteiger partial charge in [0.1, 0.15) is 6.54 Å². The minimum absolute atomic E-state index is 0.0416. The lowest BCUT2D eigenvalue weighted by Crippen LogP contribution is -2.26. The number of rotatable bonds is 7. The summed E-state index contributed by atoms with van der Waals surface area (Å²) in [6, 6.07) is 17.8. The van der Waals surface area contributed by atoms with Crippen LogP contribution in [0.25, 0.3) is 10.2 Å². The van der Waals surface area contributed by atoms with Gasteiger partial charge in [0, 0.05) is 17.6 Å². The molecule has 1 aromatic heterocycles. The van der Waals surface area contributed by atoms with Crippen LogP contribution in [0, 0.1) is 6.92 Å². The van der Waals surface area contributed by atoms with Gasteiger partial charge < -0.3 is 9.30 Å². The molecule has 0 unspecified atom stereocenters. The highest BCUT2D eigenvalue weighted by atomic mass is 35.5. The van der Waals surface area contributed by atoms with Crippen molar-refractivity contribution in [3.63, 3.8) is 0 Å². The highest BCUT2D eigenvalue weighted by Crippen LogP contribution is 2.27. The number of benzene rings is 3. The third-order valence-corrected chi connectivity index (χ3v) is 8.95. The number of aryl methyl sites for hydroxylation is 1. The monoisotopic (exact) mass is 557 g/mol. The van der Waals surface area contributed by atoms with Crippen LogP contribution in [-0.2, 0) is 26.1 Å². The van der Waals surface area contributed by atoms with Gasteiger partial charge in [0.05, 0.1) is 27.4 Å². The number of nitrogens with zero attached hydrogens (tertiary/aromatic N) is 3. The van der Waals surface area contributed by atoms with Crippen molar-refractivity contribution in [3.05, 3.63) is 87.7 Å². The third kappa shape index (κ3) is 5.46. The van der Waals surface area contributed by atoms with Crippen molar-refractivity contribution < 1.29 is 22.7 Å². The summed E-state index contributed by atoms with van der Waals surface area (Å²) in [6.45, 7) is 3.63. The number of carbonyl (C=O) groups is 2. The first kappa shape index (κ1) is 26.6. The summed E-state index contributed by atoms with van der Waals surface area (Å²) in [4.78, 5) is 29.9. The predicted octanol–water partition coefficient (Wildman–Crippen LogP) is 4.79. The third-order valence-electron chi connectivity index (χ3n) is 5.70. The Morgan fingerprint density at radius 2 is 1.73 bits per heavy atom. The highest BCUT2D eigenvalue weighted by Gasteiger charge is 2.22. The van der Waals surface area contributed by atoms with Crippen LogP contribution in [0.2, 0.25) is 5.02 Å². The van der Waals surface area contributed by atoms with Crippen molar-refractivity contribution in [2.75, 3.05) is 18.0 Å². The molecule has 0 aliphatic carbocycles.